The number of nitrogens with zero attached hydrogens (tertiary/aromatic N) is 3. The van der Waals surface area contributed by atoms with Crippen molar-refractivity contribution < 1.29 is 19.1 Å². The minimum atomic E-state index is -0.543. The zero-order valence-electron chi connectivity index (χ0n) is 15.4. The van der Waals surface area contributed by atoms with Gasteiger partial charge in [-0.2, -0.15) is 0 Å². The summed E-state index contributed by atoms with van der Waals surface area (Å²) in [6.45, 7) is 7.98. The molecule has 27 heavy (non-hydrogen) atoms. The first-order valence-corrected chi connectivity index (χ1v) is 9.38. The predicted molar refractivity (Wildman–Crippen MR) is 101 cm³/mol. The van der Waals surface area contributed by atoms with Crippen LogP contribution >= 0.6 is 11.6 Å². The van der Waals surface area contributed by atoms with Crippen LogP contribution in [0.1, 0.15) is 24.2 Å². The quantitative estimate of drug-likeness (QED) is 0.563. The lowest BCUT2D eigenvalue weighted by Gasteiger charge is -2.35. The molecular weight excluding hydrogens is 370 g/mol. The molecule has 1 fully saturated rings. The van der Waals surface area contributed by atoms with Crippen LogP contribution in [0.25, 0.3) is 0 Å². The van der Waals surface area contributed by atoms with E-state index in [1.807, 2.05) is 4.90 Å². The van der Waals surface area contributed by atoms with E-state index in [1.165, 1.54) is 12.1 Å². The highest BCUT2D eigenvalue weighted by Gasteiger charge is 2.41. The van der Waals surface area contributed by atoms with Crippen LogP contribution in [0.2, 0.25) is 0 Å². The molecule has 3 rings (SSSR count). The SMILES string of the molecule is CCOC(=O)c1ccc(N2C(=O)C(Cl)=C(N3CCN(CC)CC3)C2=O)cc1. The van der Waals surface area contributed by atoms with Crippen molar-refractivity contribution in [2.45, 2.75) is 13.8 Å². The molecule has 1 aromatic carbocycles. The molecule has 1 saturated heterocycles. The van der Waals surface area contributed by atoms with E-state index in [4.69, 9.17) is 16.3 Å². The number of benzene rings is 1. The molecular formula is C19H22ClN3O4. The number of esters is 1. The number of rotatable bonds is 5. The van der Waals surface area contributed by atoms with Gasteiger partial charge in [-0.1, -0.05) is 18.5 Å². The van der Waals surface area contributed by atoms with Crippen LogP contribution in [0.4, 0.5) is 5.69 Å². The highest BCUT2D eigenvalue weighted by Crippen LogP contribution is 2.31. The molecule has 0 aromatic heterocycles. The topological polar surface area (TPSA) is 70.2 Å². The number of carbonyl (C=O) groups is 3. The van der Waals surface area contributed by atoms with Crippen LogP contribution in [-0.4, -0.2) is 66.9 Å². The summed E-state index contributed by atoms with van der Waals surface area (Å²) >= 11 is 6.23. The Balaban J connectivity index is 1.78. The Hall–Kier alpha value is -2.38. The van der Waals surface area contributed by atoms with Crippen molar-refractivity contribution in [3.05, 3.63) is 40.6 Å². The maximum atomic E-state index is 12.9. The van der Waals surface area contributed by atoms with Crippen LogP contribution in [0, 0.1) is 0 Å². The zero-order chi connectivity index (χ0) is 19.6. The van der Waals surface area contributed by atoms with Crippen molar-refractivity contribution in [3.8, 4) is 0 Å². The molecule has 1 aromatic rings. The summed E-state index contributed by atoms with van der Waals surface area (Å²) in [7, 11) is 0. The van der Waals surface area contributed by atoms with Gasteiger partial charge in [0.05, 0.1) is 17.9 Å². The molecule has 0 N–H and O–H groups in total. The summed E-state index contributed by atoms with van der Waals surface area (Å²) < 4.78 is 4.94. The van der Waals surface area contributed by atoms with E-state index in [9.17, 15) is 14.4 Å². The molecule has 144 valence electrons. The average Bonchev–Trinajstić information content (AvgIpc) is 2.91. The number of piperazine rings is 1. The number of halogens is 1. The van der Waals surface area contributed by atoms with Crippen molar-refractivity contribution in [3.63, 3.8) is 0 Å². The molecule has 0 aliphatic carbocycles. The molecule has 0 atom stereocenters. The average molecular weight is 392 g/mol. The smallest absolute Gasteiger partial charge is 0.338 e. The van der Waals surface area contributed by atoms with Gasteiger partial charge in [-0.25, -0.2) is 9.69 Å². The second-order valence-electron chi connectivity index (χ2n) is 6.30. The Bertz CT molecular complexity index is 783. The van der Waals surface area contributed by atoms with Gasteiger partial charge in [0, 0.05) is 26.2 Å². The highest BCUT2D eigenvalue weighted by atomic mass is 35.5. The maximum Gasteiger partial charge on any atom is 0.338 e. The highest BCUT2D eigenvalue weighted by molar-refractivity contribution is 6.52. The van der Waals surface area contributed by atoms with Gasteiger partial charge in [0.15, 0.2) is 0 Å². The lowest BCUT2D eigenvalue weighted by atomic mass is 10.2. The number of amides is 2. The van der Waals surface area contributed by atoms with Crippen LogP contribution in [0.15, 0.2) is 35.0 Å². The van der Waals surface area contributed by atoms with Crippen LogP contribution in [0.5, 0.6) is 0 Å². The predicted octanol–water partition coefficient (Wildman–Crippen LogP) is 1.82. The third kappa shape index (κ3) is 3.70. The number of hydrogen-bond acceptors (Lipinski definition) is 6. The van der Waals surface area contributed by atoms with Crippen molar-refractivity contribution in [1.29, 1.82) is 0 Å². The zero-order valence-corrected chi connectivity index (χ0v) is 16.2. The first-order chi connectivity index (χ1) is 13.0. The van der Waals surface area contributed by atoms with Gasteiger partial charge in [0.2, 0.25) is 0 Å². The summed E-state index contributed by atoms with van der Waals surface area (Å²) in [5.74, 6) is -1.42. The summed E-state index contributed by atoms with van der Waals surface area (Å²) in [4.78, 5) is 42.5. The Kier molecular flexibility index (Phi) is 5.82. The number of likely N-dealkylation sites (N-methyl/N-ethyl adjacent to an activating group) is 1. The summed E-state index contributed by atoms with van der Waals surface area (Å²) in [6.07, 6.45) is 0. The van der Waals surface area contributed by atoms with E-state index in [1.54, 1.807) is 19.1 Å². The van der Waals surface area contributed by atoms with E-state index in [2.05, 4.69) is 11.8 Å². The van der Waals surface area contributed by atoms with Crippen LogP contribution in [-0.2, 0) is 14.3 Å². The van der Waals surface area contributed by atoms with Crippen molar-refractivity contribution in [1.82, 2.24) is 9.80 Å². The molecule has 0 spiro atoms. The number of carbonyl (C=O) groups excluding carboxylic acids is 3. The van der Waals surface area contributed by atoms with Gasteiger partial charge in [0.25, 0.3) is 11.8 Å². The first kappa shape index (κ1) is 19.4. The van der Waals surface area contributed by atoms with Gasteiger partial charge < -0.3 is 14.5 Å². The molecule has 2 aliphatic heterocycles. The first-order valence-electron chi connectivity index (χ1n) is 9.01. The standard InChI is InChI=1S/C19H22ClN3O4/c1-3-21-9-11-22(12-10-21)16-15(20)17(24)23(18(16)25)14-7-5-13(6-8-14)19(26)27-4-2/h5-8H,3-4,9-12H2,1-2H3. The molecule has 0 unspecified atom stereocenters. The van der Waals surface area contributed by atoms with Crippen molar-refractivity contribution in [2.24, 2.45) is 0 Å². The van der Waals surface area contributed by atoms with E-state index >= 15 is 0 Å². The Morgan fingerprint density at radius 1 is 1.04 bits per heavy atom. The molecule has 0 radical (unpaired) electrons. The lowest BCUT2D eigenvalue weighted by Crippen LogP contribution is -2.47. The molecule has 0 bridgehead atoms. The molecule has 7 nitrogen and oxygen atoms in total. The number of anilines is 1. The third-order valence-corrected chi connectivity index (χ3v) is 5.12. The summed E-state index contributed by atoms with van der Waals surface area (Å²) in [5, 5.41) is -0.0561. The van der Waals surface area contributed by atoms with Crippen LogP contribution in [0.3, 0.4) is 0 Å². The van der Waals surface area contributed by atoms with Crippen molar-refractivity contribution in [2.75, 3.05) is 44.2 Å². The van der Waals surface area contributed by atoms with E-state index in [0.29, 0.717) is 24.3 Å². The van der Waals surface area contributed by atoms with Gasteiger partial charge in [-0.15, -0.1) is 0 Å². The minimum Gasteiger partial charge on any atom is -0.462 e. The molecule has 0 saturated carbocycles. The second kappa shape index (κ2) is 8.10. The van der Waals surface area contributed by atoms with E-state index < -0.39 is 17.8 Å². The fourth-order valence-corrected chi connectivity index (χ4v) is 3.53. The lowest BCUT2D eigenvalue weighted by molar-refractivity contribution is -0.121. The van der Waals surface area contributed by atoms with Gasteiger partial charge in [0.1, 0.15) is 10.7 Å². The summed E-state index contributed by atoms with van der Waals surface area (Å²) in [5.41, 5.74) is 0.986. The van der Waals surface area contributed by atoms with Gasteiger partial charge in [-0.3, -0.25) is 9.59 Å². The Morgan fingerprint density at radius 3 is 2.22 bits per heavy atom. The number of hydrogen-bond donors (Lipinski definition) is 0. The normalized spacial score (nSPS) is 18.5. The molecule has 2 aliphatic rings. The maximum absolute atomic E-state index is 12.9. The van der Waals surface area contributed by atoms with Gasteiger partial charge in [-0.05, 0) is 37.7 Å². The third-order valence-electron chi connectivity index (χ3n) is 4.78. The largest absolute Gasteiger partial charge is 0.462 e. The number of imide groups is 1. The second-order valence-corrected chi connectivity index (χ2v) is 6.67. The Labute approximate surface area is 163 Å². The van der Waals surface area contributed by atoms with Crippen molar-refractivity contribution >= 4 is 35.1 Å². The molecule has 8 heteroatoms. The molecule has 2 amide bonds. The summed E-state index contributed by atoms with van der Waals surface area (Å²) in [6, 6.07) is 6.15. The minimum absolute atomic E-state index is 0.0561. The fourth-order valence-electron chi connectivity index (χ4n) is 3.25. The monoisotopic (exact) mass is 391 g/mol. The Morgan fingerprint density at radius 2 is 1.67 bits per heavy atom. The van der Waals surface area contributed by atoms with Gasteiger partial charge >= 0.3 is 5.97 Å². The van der Waals surface area contributed by atoms with E-state index in [0.717, 1.165) is 24.5 Å². The fraction of sp³-hybridized carbons (Fsp3) is 0.421. The number of ether oxygens (including phenoxy) is 1. The van der Waals surface area contributed by atoms with Crippen LogP contribution < -0.4 is 4.90 Å². The molecule has 2 heterocycles. The van der Waals surface area contributed by atoms with E-state index in [-0.39, 0.29) is 17.3 Å².